The molecule has 1 aliphatic heterocycles. The van der Waals surface area contributed by atoms with Gasteiger partial charge in [0.05, 0.1) is 20.3 Å². The molecule has 1 fully saturated rings. The zero-order chi connectivity index (χ0) is 11.9. The quantitative estimate of drug-likeness (QED) is 0.539. The van der Waals surface area contributed by atoms with Gasteiger partial charge in [-0.2, -0.15) is 0 Å². The highest BCUT2D eigenvalue weighted by atomic mass is 16.7. The van der Waals surface area contributed by atoms with Gasteiger partial charge in [-0.3, -0.25) is 0 Å². The van der Waals surface area contributed by atoms with Crippen molar-refractivity contribution in [1.82, 2.24) is 0 Å². The van der Waals surface area contributed by atoms with Crippen LogP contribution in [0.3, 0.4) is 0 Å². The highest BCUT2D eigenvalue weighted by Crippen LogP contribution is 2.21. The summed E-state index contributed by atoms with van der Waals surface area (Å²) in [5.41, 5.74) is 0. The maximum absolute atomic E-state index is 9.84. The van der Waals surface area contributed by atoms with Crippen LogP contribution in [0.15, 0.2) is 12.7 Å². The predicted octanol–water partition coefficient (Wildman–Crippen LogP) is 0.476. The molecule has 5 heteroatoms. The summed E-state index contributed by atoms with van der Waals surface area (Å²) in [4.78, 5) is 9.84. The molecule has 1 saturated heterocycles. The van der Waals surface area contributed by atoms with Crippen LogP contribution in [0.25, 0.3) is 0 Å². The van der Waals surface area contributed by atoms with Gasteiger partial charge in [0, 0.05) is 6.08 Å². The number of hydrogen-bond acceptors (Lipinski definition) is 5. The largest absolute Gasteiger partial charge is 0.466 e. The molecule has 0 aromatic rings. The first-order valence-electron chi connectivity index (χ1n) is 4.58. The molecule has 1 N–H and O–H groups in total. The van der Waals surface area contributed by atoms with E-state index in [1.807, 2.05) is 13.8 Å². The number of hydrogen-bond donors (Lipinski definition) is 1. The predicted molar refractivity (Wildman–Crippen MR) is 54.2 cm³/mol. The molecule has 0 amide bonds. The zero-order valence-corrected chi connectivity index (χ0v) is 9.36. The van der Waals surface area contributed by atoms with E-state index in [-0.39, 0.29) is 12.7 Å². The summed E-state index contributed by atoms with van der Waals surface area (Å²) in [6.07, 6.45) is 0.986. The molecule has 5 nitrogen and oxygen atoms in total. The lowest BCUT2D eigenvalue weighted by molar-refractivity contribution is -0.142. The van der Waals surface area contributed by atoms with Crippen LogP contribution in [0.1, 0.15) is 13.8 Å². The minimum Gasteiger partial charge on any atom is -0.466 e. The number of rotatable bonds is 2. The van der Waals surface area contributed by atoms with Crippen molar-refractivity contribution in [2.75, 3.05) is 20.3 Å². The summed E-state index contributed by atoms with van der Waals surface area (Å²) in [5, 5.41) is 8.59. The van der Waals surface area contributed by atoms with Crippen molar-refractivity contribution in [2.45, 2.75) is 25.7 Å². The molecule has 1 rings (SSSR count). The Morgan fingerprint density at radius 3 is 2.47 bits per heavy atom. The second-order valence-electron chi connectivity index (χ2n) is 3.36. The molecule has 0 aromatic carbocycles. The van der Waals surface area contributed by atoms with Gasteiger partial charge in [-0.15, -0.1) is 0 Å². The van der Waals surface area contributed by atoms with Crippen LogP contribution in [-0.4, -0.2) is 43.3 Å². The lowest BCUT2D eigenvalue weighted by atomic mass is 10.4. The molecule has 15 heavy (non-hydrogen) atoms. The number of carbonyl (C=O) groups excluding carboxylic acids is 1. The highest BCUT2D eigenvalue weighted by Gasteiger charge is 2.31. The Kier molecular flexibility index (Phi) is 6.15. The van der Waals surface area contributed by atoms with Crippen LogP contribution in [0.4, 0.5) is 0 Å². The van der Waals surface area contributed by atoms with Crippen molar-refractivity contribution in [2.24, 2.45) is 0 Å². The van der Waals surface area contributed by atoms with E-state index in [4.69, 9.17) is 14.6 Å². The molecule has 0 spiro atoms. The van der Waals surface area contributed by atoms with Gasteiger partial charge in [-0.1, -0.05) is 6.58 Å². The third-order valence-corrected chi connectivity index (χ3v) is 1.64. The van der Waals surface area contributed by atoms with Crippen molar-refractivity contribution in [3.8, 4) is 0 Å². The van der Waals surface area contributed by atoms with Crippen LogP contribution < -0.4 is 0 Å². The summed E-state index contributed by atoms with van der Waals surface area (Å²) in [7, 11) is 1.31. The molecule has 0 aromatic heterocycles. The van der Waals surface area contributed by atoms with E-state index < -0.39 is 11.8 Å². The maximum atomic E-state index is 9.84. The molecule has 1 unspecified atom stereocenters. The van der Waals surface area contributed by atoms with E-state index >= 15 is 0 Å². The van der Waals surface area contributed by atoms with Crippen LogP contribution in [0.5, 0.6) is 0 Å². The van der Waals surface area contributed by atoms with Crippen molar-refractivity contribution >= 4 is 5.97 Å². The Hall–Kier alpha value is -0.910. The van der Waals surface area contributed by atoms with Crippen molar-refractivity contribution in [3.05, 3.63) is 12.7 Å². The molecule has 1 heterocycles. The topological polar surface area (TPSA) is 65.0 Å². The van der Waals surface area contributed by atoms with E-state index in [2.05, 4.69) is 11.3 Å². The smallest absolute Gasteiger partial charge is 0.329 e. The van der Waals surface area contributed by atoms with Crippen molar-refractivity contribution in [1.29, 1.82) is 0 Å². The second-order valence-corrected chi connectivity index (χ2v) is 3.36. The van der Waals surface area contributed by atoms with E-state index in [1.165, 1.54) is 7.11 Å². The van der Waals surface area contributed by atoms with Gasteiger partial charge in [0.25, 0.3) is 0 Å². The summed E-state index contributed by atoms with van der Waals surface area (Å²) in [6, 6.07) is 0. The average Bonchev–Trinajstić information content (AvgIpc) is 2.58. The number of aliphatic hydroxyl groups is 1. The Balaban J connectivity index is 0.000000288. The van der Waals surface area contributed by atoms with Crippen molar-refractivity contribution < 1.29 is 24.1 Å². The molecule has 0 saturated carbocycles. The molecular formula is C10H18O5. The van der Waals surface area contributed by atoms with Crippen LogP contribution >= 0.6 is 0 Å². The van der Waals surface area contributed by atoms with Crippen LogP contribution in [-0.2, 0) is 19.0 Å². The van der Waals surface area contributed by atoms with E-state index in [1.54, 1.807) is 0 Å². The third kappa shape index (κ3) is 6.22. The van der Waals surface area contributed by atoms with Gasteiger partial charge in [-0.25, -0.2) is 4.79 Å². The first kappa shape index (κ1) is 14.1. The normalized spacial score (nSPS) is 22.5. The van der Waals surface area contributed by atoms with Gasteiger partial charge in [0.2, 0.25) is 0 Å². The number of methoxy groups -OCH3 is 1. The Morgan fingerprint density at radius 2 is 2.33 bits per heavy atom. The average molecular weight is 218 g/mol. The fourth-order valence-electron chi connectivity index (χ4n) is 0.936. The van der Waals surface area contributed by atoms with Gasteiger partial charge < -0.3 is 19.3 Å². The Bertz CT molecular complexity index is 212. The first-order chi connectivity index (χ1) is 6.95. The fourth-order valence-corrected chi connectivity index (χ4v) is 0.936. The summed E-state index contributed by atoms with van der Waals surface area (Å²) in [6.45, 7) is 7.38. The second kappa shape index (κ2) is 6.55. The Morgan fingerprint density at radius 1 is 1.73 bits per heavy atom. The standard InChI is InChI=1S/C6H12O3.C4H6O2/c1-6(2)8-4-5(3-7)9-6;1-3-4(5)6-2/h5,7H,3-4H2,1-2H3;3H,1H2,2H3. The molecule has 1 atom stereocenters. The molecule has 0 aliphatic carbocycles. The minimum absolute atomic E-state index is 0.0451. The molecule has 1 aliphatic rings. The zero-order valence-electron chi connectivity index (χ0n) is 9.36. The van der Waals surface area contributed by atoms with E-state index in [0.717, 1.165) is 6.08 Å². The van der Waals surface area contributed by atoms with E-state index in [9.17, 15) is 4.79 Å². The molecule has 0 radical (unpaired) electrons. The molecular weight excluding hydrogens is 200 g/mol. The van der Waals surface area contributed by atoms with Crippen LogP contribution in [0.2, 0.25) is 0 Å². The summed E-state index contributed by atoms with van der Waals surface area (Å²) >= 11 is 0. The minimum atomic E-state index is -0.493. The first-order valence-corrected chi connectivity index (χ1v) is 4.58. The number of ether oxygens (including phenoxy) is 3. The van der Waals surface area contributed by atoms with E-state index in [0.29, 0.717) is 6.61 Å². The number of aliphatic hydroxyl groups excluding tert-OH is 1. The third-order valence-electron chi connectivity index (χ3n) is 1.64. The van der Waals surface area contributed by atoms with Gasteiger partial charge in [0.15, 0.2) is 5.79 Å². The van der Waals surface area contributed by atoms with Crippen molar-refractivity contribution in [3.63, 3.8) is 0 Å². The highest BCUT2D eigenvalue weighted by molar-refractivity contribution is 5.80. The Labute approximate surface area is 89.6 Å². The molecule has 88 valence electrons. The van der Waals surface area contributed by atoms with Crippen LogP contribution in [0, 0.1) is 0 Å². The SMILES string of the molecule is C=CC(=O)OC.CC1(C)OCC(CO)O1. The monoisotopic (exact) mass is 218 g/mol. The fraction of sp³-hybridized carbons (Fsp3) is 0.700. The number of esters is 1. The lowest BCUT2D eigenvalue weighted by Crippen LogP contribution is -2.22. The summed E-state index contributed by atoms with van der Waals surface area (Å²) < 4.78 is 14.5. The van der Waals surface area contributed by atoms with Gasteiger partial charge in [-0.05, 0) is 13.8 Å². The molecule has 0 bridgehead atoms. The maximum Gasteiger partial charge on any atom is 0.329 e. The number of carbonyl (C=O) groups is 1. The van der Waals surface area contributed by atoms with Gasteiger partial charge >= 0.3 is 5.97 Å². The lowest BCUT2D eigenvalue weighted by Gasteiger charge is -2.15. The van der Waals surface area contributed by atoms with Gasteiger partial charge in [0.1, 0.15) is 6.10 Å². The summed E-state index contributed by atoms with van der Waals surface area (Å²) in [5.74, 6) is -0.886.